The highest BCUT2D eigenvalue weighted by atomic mass is 16.5. The smallest absolute Gasteiger partial charge is 0.251 e. The molecule has 2 aromatic heterocycles. The molecule has 188 valence electrons. The van der Waals surface area contributed by atoms with Gasteiger partial charge < -0.3 is 24.5 Å². The summed E-state index contributed by atoms with van der Waals surface area (Å²) in [6.07, 6.45) is 3.41. The van der Waals surface area contributed by atoms with Crippen LogP contribution < -0.4 is 15.4 Å². The van der Waals surface area contributed by atoms with Crippen LogP contribution in [0.1, 0.15) is 28.8 Å². The van der Waals surface area contributed by atoms with Gasteiger partial charge in [-0.05, 0) is 42.9 Å². The van der Waals surface area contributed by atoms with Gasteiger partial charge >= 0.3 is 0 Å². The van der Waals surface area contributed by atoms with Crippen molar-refractivity contribution < 1.29 is 18.7 Å². The van der Waals surface area contributed by atoms with Crippen LogP contribution in [0.3, 0.4) is 0 Å². The lowest BCUT2D eigenvalue weighted by atomic mass is 10.0. The number of nitrogens with one attached hydrogen (secondary N) is 2. The molecule has 8 nitrogen and oxygen atoms in total. The molecule has 1 aliphatic heterocycles. The summed E-state index contributed by atoms with van der Waals surface area (Å²) in [6, 6.07) is 18.9. The Kier molecular flexibility index (Phi) is 7.45. The molecule has 2 aromatic carbocycles. The van der Waals surface area contributed by atoms with Gasteiger partial charge in [0.05, 0.1) is 18.8 Å². The van der Waals surface area contributed by atoms with Crippen LogP contribution in [0, 0.1) is 11.3 Å². The van der Waals surface area contributed by atoms with E-state index in [1.807, 2.05) is 49.5 Å². The molecule has 1 aliphatic rings. The third-order valence-corrected chi connectivity index (χ3v) is 6.38. The lowest BCUT2D eigenvalue weighted by Gasteiger charge is -2.23. The number of aromatic nitrogens is 1. The molecular formula is C29H28N4O4. The first kappa shape index (κ1) is 24.5. The maximum Gasteiger partial charge on any atom is 0.251 e. The van der Waals surface area contributed by atoms with E-state index in [1.54, 1.807) is 18.3 Å². The molecule has 0 unspecified atom stereocenters. The van der Waals surface area contributed by atoms with E-state index in [0.717, 1.165) is 29.5 Å². The zero-order valence-electron chi connectivity index (χ0n) is 20.6. The van der Waals surface area contributed by atoms with Gasteiger partial charge in [0.2, 0.25) is 0 Å². The number of ether oxygens (including phenoxy) is 2. The highest BCUT2D eigenvalue weighted by Crippen LogP contribution is 2.35. The van der Waals surface area contributed by atoms with E-state index in [4.69, 9.17) is 13.9 Å². The molecule has 0 aliphatic carbocycles. The second-order valence-electron chi connectivity index (χ2n) is 8.87. The predicted molar refractivity (Wildman–Crippen MR) is 140 cm³/mol. The van der Waals surface area contributed by atoms with Crippen LogP contribution in [-0.4, -0.2) is 50.3 Å². The maximum atomic E-state index is 12.3. The molecule has 0 atom stereocenters. The molecule has 1 amide bonds. The molecule has 0 saturated carbocycles. The Morgan fingerprint density at radius 2 is 1.86 bits per heavy atom. The monoisotopic (exact) mass is 496 g/mol. The second-order valence-corrected chi connectivity index (χ2v) is 8.87. The topological polar surface area (TPSA) is 109 Å². The normalized spacial score (nSPS) is 13.8. The highest BCUT2D eigenvalue weighted by molar-refractivity contribution is 5.95. The number of amides is 1. The van der Waals surface area contributed by atoms with Gasteiger partial charge in [0.25, 0.3) is 5.91 Å². The standard InChI is InChI=1S/C29H28N4O4/c1-31-12-13-33-29(34)20-4-2-19(3-5-20)27-17-25-28(37-27)24(8-11-32-25)21-6-7-26(22(16-21)18-30)36-23-9-14-35-15-10-23/h2-8,11,16-17,23,31H,9-10,12-15H2,1H3,(H,33,34). The van der Waals surface area contributed by atoms with Crippen LogP contribution in [0.2, 0.25) is 0 Å². The van der Waals surface area contributed by atoms with Crippen LogP contribution in [0.5, 0.6) is 5.75 Å². The Bertz CT molecular complexity index is 1430. The number of nitrogens with zero attached hydrogens (tertiary/aromatic N) is 2. The van der Waals surface area contributed by atoms with Gasteiger partial charge in [-0.25, -0.2) is 0 Å². The van der Waals surface area contributed by atoms with Gasteiger partial charge in [-0.3, -0.25) is 9.78 Å². The van der Waals surface area contributed by atoms with E-state index in [-0.39, 0.29) is 12.0 Å². The number of nitriles is 1. The van der Waals surface area contributed by atoms with Crippen molar-refractivity contribution in [3.05, 3.63) is 71.9 Å². The van der Waals surface area contributed by atoms with Crippen LogP contribution in [0.15, 0.2) is 65.2 Å². The molecule has 37 heavy (non-hydrogen) atoms. The molecule has 0 spiro atoms. The van der Waals surface area contributed by atoms with Gasteiger partial charge in [0.1, 0.15) is 29.2 Å². The Morgan fingerprint density at radius 3 is 2.62 bits per heavy atom. The minimum Gasteiger partial charge on any atom is -0.489 e. The zero-order chi connectivity index (χ0) is 25.6. The van der Waals surface area contributed by atoms with Crippen molar-refractivity contribution in [3.63, 3.8) is 0 Å². The number of benzene rings is 2. The Labute approximate surface area is 215 Å². The van der Waals surface area contributed by atoms with Crippen molar-refractivity contribution in [2.75, 3.05) is 33.4 Å². The summed E-state index contributed by atoms with van der Waals surface area (Å²) < 4.78 is 17.7. The van der Waals surface area contributed by atoms with E-state index >= 15 is 0 Å². The average molecular weight is 497 g/mol. The van der Waals surface area contributed by atoms with Crippen molar-refractivity contribution in [1.29, 1.82) is 5.26 Å². The van der Waals surface area contributed by atoms with Gasteiger partial charge in [0, 0.05) is 54.9 Å². The second kappa shape index (κ2) is 11.2. The largest absolute Gasteiger partial charge is 0.489 e. The number of furan rings is 1. The SMILES string of the molecule is CNCCNC(=O)c1ccc(-c2cc3nccc(-c4ccc(OC5CCOCC5)c(C#N)c4)c3o2)cc1. The molecule has 2 N–H and O–H groups in total. The van der Waals surface area contributed by atoms with E-state index in [9.17, 15) is 10.1 Å². The summed E-state index contributed by atoms with van der Waals surface area (Å²) in [4.78, 5) is 16.8. The van der Waals surface area contributed by atoms with Crippen LogP contribution >= 0.6 is 0 Å². The molecule has 8 heteroatoms. The van der Waals surface area contributed by atoms with Crippen molar-refractivity contribution >= 4 is 17.0 Å². The van der Waals surface area contributed by atoms with Crippen molar-refractivity contribution in [1.82, 2.24) is 15.6 Å². The lowest BCUT2D eigenvalue weighted by molar-refractivity contribution is 0.0254. The number of likely N-dealkylation sites (N-methyl/N-ethyl adjacent to an activating group) is 1. The van der Waals surface area contributed by atoms with Gasteiger partial charge in [-0.15, -0.1) is 0 Å². The maximum absolute atomic E-state index is 12.3. The Balaban J connectivity index is 1.40. The lowest BCUT2D eigenvalue weighted by Crippen LogP contribution is -2.30. The fraction of sp³-hybridized carbons (Fsp3) is 0.276. The Hall–Kier alpha value is -4.19. The third kappa shape index (κ3) is 5.48. The molecule has 3 heterocycles. The van der Waals surface area contributed by atoms with Gasteiger partial charge in [-0.2, -0.15) is 5.26 Å². The van der Waals surface area contributed by atoms with Crippen molar-refractivity contribution in [2.45, 2.75) is 18.9 Å². The van der Waals surface area contributed by atoms with Crippen LogP contribution in [0.4, 0.5) is 0 Å². The molecule has 0 bridgehead atoms. The first-order valence-electron chi connectivity index (χ1n) is 12.4. The molecule has 1 fully saturated rings. The molecule has 5 rings (SSSR count). The summed E-state index contributed by atoms with van der Waals surface area (Å²) in [7, 11) is 1.84. The van der Waals surface area contributed by atoms with Crippen molar-refractivity contribution in [2.24, 2.45) is 0 Å². The number of rotatable bonds is 8. The summed E-state index contributed by atoms with van der Waals surface area (Å²) in [5.74, 6) is 1.11. The number of fused-ring (bicyclic) bond motifs is 1. The summed E-state index contributed by atoms with van der Waals surface area (Å²) >= 11 is 0. The fourth-order valence-electron chi connectivity index (χ4n) is 4.36. The number of hydrogen-bond acceptors (Lipinski definition) is 7. The first-order valence-corrected chi connectivity index (χ1v) is 12.4. The number of hydrogen-bond donors (Lipinski definition) is 2. The van der Waals surface area contributed by atoms with Gasteiger partial charge in [0.15, 0.2) is 5.58 Å². The van der Waals surface area contributed by atoms with E-state index in [1.165, 1.54) is 0 Å². The predicted octanol–water partition coefficient (Wildman–Crippen LogP) is 4.54. The highest BCUT2D eigenvalue weighted by Gasteiger charge is 2.19. The summed E-state index contributed by atoms with van der Waals surface area (Å²) in [5, 5.41) is 15.7. The summed E-state index contributed by atoms with van der Waals surface area (Å²) in [5.41, 5.74) is 4.93. The van der Waals surface area contributed by atoms with E-state index in [2.05, 4.69) is 21.7 Å². The first-order chi connectivity index (χ1) is 18.2. The van der Waals surface area contributed by atoms with Crippen molar-refractivity contribution in [3.8, 4) is 34.3 Å². The quantitative estimate of drug-likeness (QED) is 0.345. The summed E-state index contributed by atoms with van der Waals surface area (Å²) in [6.45, 7) is 2.62. The number of carbonyl (C=O) groups is 1. The number of pyridine rings is 1. The zero-order valence-corrected chi connectivity index (χ0v) is 20.6. The molecular weight excluding hydrogens is 468 g/mol. The molecule has 4 aromatic rings. The number of carbonyl (C=O) groups excluding carboxylic acids is 1. The minimum atomic E-state index is -0.118. The fourth-order valence-corrected chi connectivity index (χ4v) is 4.36. The average Bonchev–Trinajstić information content (AvgIpc) is 3.39. The third-order valence-electron chi connectivity index (χ3n) is 6.38. The van der Waals surface area contributed by atoms with Crippen LogP contribution in [0.25, 0.3) is 33.6 Å². The Morgan fingerprint density at radius 1 is 1.08 bits per heavy atom. The van der Waals surface area contributed by atoms with E-state index in [0.29, 0.717) is 60.0 Å². The molecule has 1 saturated heterocycles. The van der Waals surface area contributed by atoms with Gasteiger partial charge in [-0.1, -0.05) is 18.2 Å². The van der Waals surface area contributed by atoms with Crippen LogP contribution in [-0.2, 0) is 4.74 Å². The minimum absolute atomic E-state index is 0.0535. The molecule has 0 radical (unpaired) electrons. The van der Waals surface area contributed by atoms with E-state index < -0.39 is 0 Å².